The van der Waals surface area contributed by atoms with E-state index in [0.29, 0.717) is 0 Å². The van der Waals surface area contributed by atoms with Crippen molar-refractivity contribution in [2.45, 2.75) is 39.7 Å². The molecular formula is C16H26N4OS. The number of carbonyl (C=O) groups excluding carboxylic acids is 1. The maximum absolute atomic E-state index is 12.4. The van der Waals surface area contributed by atoms with Crippen LogP contribution in [0.3, 0.4) is 0 Å². The first-order valence-electron chi connectivity index (χ1n) is 7.77. The number of rotatable bonds is 5. The van der Waals surface area contributed by atoms with Gasteiger partial charge in [0.25, 0.3) is 0 Å². The van der Waals surface area contributed by atoms with Crippen LogP contribution >= 0.6 is 11.8 Å². The van der Waals surface area contributed by atoms with E-state index in [1.165, 1.54) is 0 Å². The highest BCUT2D eigenvalue weighted by atomic mass is 32.2. The van der Waals surface area contributed by atoms with Gasteiger partial charge in [0, 0.05) is 24.9 Å². The Kier molecular flexibility index (Phi) is 5.67. The molecule has 2 rings (SSSR count). The van der Waals surface area contributed by atoms with Gasteiger partial charge in [0.15, 0.2) is 5.82 Å². The molecule has 0 radical (unpaired) electrons. The first-order valence-corrected chi connectivity index (χ1v) is 9.17. The number of aromatic nitrogens is 2. The number of hydrogen-bond acceptors (Lipinski definition) is 5. The minimum absolute atomic E-state index is 0.142. The fourth-order valence-electron chi connectivity index (χ4n) is 2.67. The average molecular weight is 322 g/mol. The van der Waals surface area contributed by atoms with E-state index >= 15 is 0 Å². The van der Waals surface area contributed by atoms with Crippen molar-refractivity contribution in [1.82, 2.24) is 15.5 Å². The quantitative estimate of drug-likeness (QED) is 0.901. The van der Waals surface area contributed by atoms with Gasteiger partial charge in [-0.3, -0.25) is 4.79 Å². The highest BCUT2D eigenvalue weighted by molar-refractivity contribution is 7.98. The van der Waals surface area contributed by atoms with E-state index in [1.807, 2.05) is 39.2 Å². The number of thioether (sulfide) groups is 1. The van der Waals surface area contributed by atoms with Crippen LogP contribution in [-0.4, -0.2) is 47.2 Å². The van der Waals surface area contributed by atoms with Gasteiger partial charge >= 0.3 is 0 Å². The molecule has 0 aliphatic carbocycles. The van der Waals surface area contributed by atoms with Gasteiger partial charge in [-0.25, -0.2) is 0 Å². The van der Waals surface area contributed by atoms with Gasteiger partial charge in [-0.05, 0) is 38.2 Å². The summed E-state index contributed by atoms with van der Waals surface area (Å²) in [5.41, 5.74) is 0.593. The van der Waals surface area contributed by atoms with Crippen LogP contribution in [0.2, 0.25) is 0 Å². The molecular weight excluding hydrogens is 296 g/mol. The molecule has 1 fully saturated rings. The van der Waals surface area contributed by atoms with Crippen LogP contribution in [0, 0.1) is 12.3 Å². The highest BCUT2D eigenvalue weighted by Crippen LogP contribution is 2.22. The van der Waals surface area contributed by atoms with E-state index in [4.69, 9.17) is 0 Å². The second kappa shape index (κ2) is 7.31. The zero-order chi connectivity index (χ0) is 16.2. The third kappa shape index (κ3) is 4.35. The van der Waals surface area contributed by atoms with Crippen molar-refractivity contribution in [3.8, 4) is 0 Å². The number of amides is 1. The van der Waals surface area contributed by atoms with E-state index in [1.54, 1.807) is 11.8 Å². The second-order valence-corrected chi connectivity index (χ2v) is 7.47. The van der Waals surface area contributed by atoms with Crippen LogP contribution in [0.25, 0.3) is 0 Å². The molecule has 1 aromatic rings. The van der Waals surface area contributed by atoms with E-state index in [-0.39, 0.29) is 17.4 Å². The molecule has 1 N–H and O–H groups in total. The number of anilines is 1. The highest BCUT2D eigenvalue weighted by Gasteiger charge is 2.30. The molecule has 1 aliphatic rings. The zero-order valence-electron chi connectivity index (χ0n) is 13.9. The second-order valence-electron chi connectivity index (χ2n) is 6.61. The smallest absolute Gasteiger partial charge is 0.226 e. The molecule has 6 heteroatoms. The minimum Gasteiger partial charge on any atom is -0.353 e. The lowest BCUT2D eigenvalue weighted by atomic mass is 9.94. The van der Waals surface area contributed by atoms with Crippen molar-refractivity contribution in [2.24, 2.45) is 5.41 Å². The summed E-state index contributed by atoms with van der Waals surface area (Å²) < 4.78 is 0. The number of nitrogens with one attached hydrogen (secondary N) is 1. The van der Waals surface area contributed by atoms with Gasteiger partial charge in [-0.15, -0.1) is 5.10 Å². The van der Waals surface area contributed by atoms with Crippen LogP contribution in [0.5, 0.6) is 0 Å². The number of aryl methyl sites for hydroxylation is 1. The molecule has 0 unspecified atom stereocenters. The minimum atomic E-state index is -0.328. The van der Waals surface area contributed by atoms with Crippen molar-refractivity contribution < 1.29 is 4.79 Å². The van der Waals surface area contributed by atoms with Gasteiger partial charge in [0.1, 0.15) is 0 Å². The van der Waals surface area contributed by atoms with Gasteiger partial charge in [-0.2, -0.15) is 16.9 Å². The Morgan fingerprint density at radius 1 is 1.45 bits per heavy atom. The number of carbonyl (C=O) groups is 1. The molecule has 22 heavy (non-hydrogen) atoms. The van der Waals surface area contributed by atoms with Gasteiger partial charge < -0.3 is 10.2 Å². The van der Waals surface area contributed by atoms with E-state index in [2.05, 4.69) is 20.4 Å². The van der Waals surface area contributed by atoms with Crippen LogP contribution in [0.4, 0.5) is 5.82 Å². The molecule has 5 nitrogen and oxygen atoms in total. The predicted molar refractivity (Wildman–Crippen MR) is 92.3 cm³/mol. The van der Waals surface area contributed by atoms with Crippen LogP contribution in [0.15, 0.2) is 12.1 Å². The summed E-state index contributed by atoms with van der Waals surface area (Å²) in [6.45, 7) is 7.72. The lowest BCUT2D eigenvalue weighted by molar-refractivity contribution is -0.129. The van der Waals surface area contributed by atoms with Crippen LogP contribution < -0.4 is 10.2 Å². The zero-order valence-corrected chi connectivity index (χ0v) is 14.7. The lowest BCUT2D eigenvalue weighted by Gasteiger charge is -2.35. The molecule has 1 saturated heterocycles. The maximum Gasteiger partial charge on any atom is 0.226 e. The lowest BCUT2D eigenvalue weighted by Crippen LogP contribution is -2.51. The predicted octanol–water partition coefficient (Wildman–Crippen LogP) is 2.26. The molecule has 1 aliphatic heterocycles. The van der Waals surface area contributed by atoms with Crippen molar-refractivity contribution in [2.75, 3.05) is 30.0 Å². The Labute approximate surface area is 137 Å². The summed E-state index contributed by atoms with van der Waals surface area (Å²) in [4.78, 5) is 14.7. The first kappa shape index (κ1) is 17.1. The molecule has 1 aromatic heterocycles. The monoisotopic (exact) mass is 322 g/mol. The van der Waals surface area contributed by atoms with Gasteiger partial charge in [0.2, 0.25) is 5.91 Å². The van der Waals surface area contributed by atoms with Crippen molar-refractivity contribution >= 4 is 23.5 Å². The van der Waals surface area contributed by atoms with Gasteiger partial charge in [0.05, 0.1) is 11.1 Å². The van der Waals surface area contributed by atoms with Crippen molar-refractivity contribution in [3.63, 3.8) is 0 Å². The molecule has 1 amide bonds. The Balaban J connectivity index is 1.96. The summed E-state index contributed by atoms with van der Waals surface area (Å²) in [5, 5.41) is 11.6. The van der Waals surface area contributed by atoms with Crippen molar-refractivity contribution in [1.29, 1.82) is 0 Å². The third-order valence-electron chi connectivity index (χ3n) is 3.98. The molecule has 0 bridgehead atoms. The maximum atomic E-state index is 12.4. The fourth-order valence-corrected chi connectivity index (χ4v) is 3.52. The average Bonchev–Trinajstić information content (AvgIpc) is 2.48. The molecule has 0 saturated carbocycles. The topological polar surface area (TPSA) is 58.1 Å². The standard InChI is InChI=1S/C16H26N4OS/c1-12-7-8-14(19-18-12)20-9-5-6-13(10-20)17-15(21)16(2,3)11-22-4/h7-8,13H,5-6,9-11H2,1-4H3,(H,17,21)/t13-/m0/s1. The Morgan fingerprint density at radius 3 is 2.86 bits per heavy atom. The molecule has 1 atom stereocenters. The van der Waals surface area contributed by atoms with Crippen molar-refractivity contribution in [3.05, 3.63) is 17.8 Å². The number of hydrogen-bond donors (Lipinski definition) is 1. The molecule has 122 valence electrons. The summed E-state index contributed by atoms with van der Waals surface area (Å²) in [5.74, 6) is 1.87. The Hall–Kier alpha value is -1.30. The Bertz CT molecular complexity index is 503. The SMILES string of the molecule is CSCC(C)(C)C(=O)N[C@H]1CCCN(c2ccc(C)nn2)C1. The number of piperidine rings is 1. The first-order chi connectivity index (χ1) is 10.4. The molecule has 0 aromatic carbocycles. The summed E-state index contributed by atoms with van der Waals surface area (Å²) in [7, 11) is 0. The largest absolute Gasteiger partial charge is 0.353 e. The normalized spacial score (nSPS) is 19.1. The van der Waals surface area contributed by atoms with E-state index in [9.17, 15) is 4.79 Å². The van der Waals surface area contributed by atoms with Gasteiger partial charge in [-0.1, -0.05) is 13.8 Å². The van der Waals surface area contributed by atoms with E-state index < -0.39 is 0 Å². The summed E-state index contributed by atoms with van der Waals surface area (Å²) >= 11 is 1.71. The molecule has 0 spiro atoms. The fraction of sp³-hybridized carbons (Fsp3) is 0.688. The van der Waals surface area contributed by atoms with Crippen LogP contribution in [0.1, 0.15) is 32.4 Å². The Morgan fingerprint density at radius 2 is 2.23 bits per heavy atom. The number of nitrogens with zero attached hydrogens (tertiary/aromatic N) is 3. The summed E-state index contributed by atoms with van der Waals surface area (Å²) in [6, 6.07) is 4.17. The van der Waals surface area contributed by atoms with E-state index in [0.717, 1.165) is 43.2 Å². The molecule has 2 heterocycles. The van der Waals surface area contributed by atoms with Crippen LogP contribution in [-0.2, 0) is 4.79 Å². The third-order valence-corrected chi connectivity index (χ3v) is 4.99. The summed E-state index contributed by atoms with van der Waals surface area (Å²) in [6.07, 6.45) is 4.12.